The van der Waals surface area contributed by atoms with E-state index in [1.54, 1.807) is 7.11 Å². The molecule has 2 aromatic carbocycles. The molecule has 7 nitrogen and oxygen atoms in total. The fraction of sp³-hybridized carbons (Fsp3) is 0.367. The molecule has 0 saturated carbocycles. The number of hydrogen-bond donors (Lipinski definition) is 2. The van der Waals surface area contributed by atoms with E-state index < -0.39 is 0 Å². The Hall–Kier alpha value is -3.73. The van der Waals surface area contributed by atoms with Crippen LogP contribution in [0.4, 0.5) is 11.5 Å². The summed E-state index contributed by atoms with van der Waals surface area (Å²) in [6.07, 6.45) is 4.59. The first kappa shape index (κ1) is 26.3. The second-order valence-corrected chi connectivity index (χ2v) is 9.76. The van der Waals surface area contributed by atoms with Crippen LogP contribution in [-0.2, 0) is 16.0 Å². The second kappa shape index (κ2) is 12.5. The molecule has 1 amide bonds. The Morgan fingerprint density at radius 2 is 1.84 bits per heavy atom. The van der Waals surface area contributed by atoms with Gasteiger partial charge in [-0.3, -0.25) is 4.79 Å². The predicted molar refractivity (Wildman–Crippen MR) is 147 cm³/mol. The van der Waals surface area contributed by atoms with Crippen molar-refractivity contribution in [2.24, 2.45) is 0 Å². The average molecular weight is 498 g/mol. The van der Waals surface area contributed by atoms with Crippen molar-refractivity contribution < 1.29 is 9.53 Å². The highest BCUT2D eigenvalue weighted by Crippen LogP contribution is 2.28. The number of piperidine rings is 1. The van der Waals surface area contributed by atoms with Crippen molar-refractivity contribution in [1.82, 2.24) is 10.3 Å². The van der Waals surface area contributed by atoms with E-state index in [1.165, 1.54) is 0 Å². The molecule has 4 rings (SSSR count). The van der Waals surface area contributed by atoms with Crippen molar-refractivity contribution in [3.63, 3.8) is 0 Å². The van der Waals surface area contributed by atoms with Crippen LogP contribution in [-0.4, -0.2) is 49.8 Å². The minimum Gasteiger partial charge on any atom is -0.378 e. The quantitative estimate of drug-likeness (QED) is 0.401. The van der Waals surface area contributed by atoms with E-state index in [-0.39, 0.29) is 17.4 Å². The lowest BCUT2D eigenvalue weighted by atomic mass is 9.93. The van der Waals surface area contributed by atoms with Gasteiger partial charge < -0.3 is 20.3 Å². The van der Waals surface area contributed by atoms with Gasteiger partial charge in [0.05, 0.1) is 35.0 Å². The van der Waals surface area contributed by atoms with Crippen molar-refractivity contribution in [3.8, 4) is 6.07 Å². The van der Waals surface area contributed by atoms with Gasteiger partial charge in [0.15, 0.2) is 0 Å². The first-order valence-electron chi connectivity index (χ1n) is 12.8. The fourth-order valence-corrected chi connectivity index (χ4v) is 4.57. The zero-order valence-corrected chi connectivity index (χ0v) is 21.6. The molecular weight excluding hydrogens is 462 g/mol. The van der Waals surface area contributed by atoms with Crippen molar-refractivity contribution >= 4 is 17.4 Å². The minimum atomic E-state index is -0.350. The number of benzene rings is 2. The van der Waals surface area contributed by atoms with Crippen LogP contribution in [0.1, 0.15) is 42.4 Å². The molecular formula is C30H35N5O2. The summed E-state index contributed by atoms with van der Waals surface area (Å²) in [5.74, 6) is 0.106. The van der Waals surface area contributed by atoms with Crippen molar-refractivity contribution in [1.29, 1.82) is 5.26 Å². The van der Waals surface area contributed by atoms with Gasteiger partial charge in [0.2, 0.25) is 5.91 Å². The van der Waals surface area contributed by atoms with E-state index >= 15 is 0 Å². The monoisotopic (exact) mass is 497 g/mol. The van der Waals surface area contributed by atoms with Gasteiger partial charge in [-0.2, -0.15) is 5.26 Å². The first-order chi connectivity index (χ1) is 18.0. The van der Waals surface area contributed by atoms with E-state index in [1.807, 2.05) is 72.9 Å². The van der Waals surface area contributed by atoms with Crippen molar-refractivity contribution in [2.45, 2.75) is 37.7 Å². The molecule has 0 bridgehead atoms. The first-order valence-corrected chi connectivity index (χ1v) is 12.8. The number of anilines is 2. The molecule has 1 unspecified atom stereocenters. The molecule has 2 heterocycles. The normalized spacial score (nSPS) is 15.5. The number of amides is 1. The lowest BCUT2D eigenvalue weighted by Crippen LogP contribution is -2.43. The predicted octanol–water partition coefficient (Wildman–Crippen LogP) is 4.51. The number of nitriles is 1. The van der Waals surface area contributed by atoms with Crippen LogP contribution in [0.3, 0.4) is 0 Å². The van der Waals surface area contributed by atoms with E-state index in [9.17, 15) is 4.79 Å². The molecule has 1 saturated heterocycles. The summed E-state index contributed by atoms with van der Waals surface area (Å²) in [6, 6.07) is 23.4. The van der Waals surface area contributed by atoms with Crippen LogP contribution in [0.5, 0.6) is 0 Å². The Kier molecular flexibility index (Phi) is 8.89. The SMILES string of the molecule is COC1(C)CCN(c2ccc(NC(=O)C(CNCCc3ccc(C#N)cc3)c3ccccc3)nc2)CC1. The molecule has 1 aliphatic rings. The summed E-state index contributed by atoms with van der Waals surface area (Å²) >= 11 is 0. The lowest BCUT2D eigenvalue weighted by molar-refractivity contribution is -0.117. The third-order valence-corrected chi connectivity index (χ3v) is 7.22. The van der Waals surface area contributed by atoms with Gasteiger partial charge >= 0.3 is 0 Å². The smallest absolute Gasteiger partial charge is 0.234 e. The number of nitrogens with one attached hydrogen (secondary N) is 2. The summed E-state index contributed by atoms with van der Waals surface area (Å²) in [5, 5.41) is 15.4. The van der Waals surface area contributed by atoms with Crippen LogP contribution < -0.4 is 15.5 Å². The van der Waals surface area contributed by atoms with Crippen LogP contribution in [0, 0.1) is 11.3 Å². The Balaban J connectivity index is 1.34. The molecule has 0 radical (unpaired) electrons. The van der Waals surface area contributed by atoms with Gasteiger partial charge in [-0.25, -0.2) is 4.98 Å². The number of carbonyl (C=O) groups excluding carboxylic acids is 1. The number of rotatable bonds is 10. The van der Waals surface area contributed by atoms with E-state index in [0.29, 0.717) is 17.9 Å². The fourth-order valence-electron chi connectivity index (χ4n) is 4.57. The molecule has 7 heteroatoms. The van der Waals surface area contributed by atoms with Crippen molar-refractivity contribution in [3.05, 3.63) is 89.6 Å². The van der Waals surface area contributed by atoms with Crippen LogP contribution in [0.2, 0.25) is 0 Å². The number of pyridine rings is 1. The maximum atomic E-state index is 13.3. The van der Waals surface area contributed by atoms with Gasteiger partial charge in [-0.1, -0.05) is 42.5 Å². The summed E-state index contributed by atoms with van der Waals surface area (Å²) < 4.78 is 5.65. The molecule has 1 aliphatic heterocycles. The standard InChI is InChI=1S/C30H35N5O2/c1-30(37-2)15-18-35(19-16-30)26-12-13-28(33-21-26)34-29(36)27(25-6-4-3-5-7-25)22-32-17-14-23-8-10-24(20-31)11-9-23/h3-13,21,27,32H,14-19,22H2,1-2H3,(H,33,34,36). The molecule has 1 aromatic heterocycles. The molecule has 0 aliphatic carbocycles. The van der Waals surface area contributed by atoms with Gasteiger partial charge in [-0.15, -0.1) is 0 Å². The summed E-state index contributed by atoms with van der Waals surface area (Å²) in [4.78, 5) is 20.1. The largest absolute Gasteiger partial charge is 0.378 e. The lowest BCUT2D eigenvalue weighted by Gasteiger charge is -2.39. The highest BCUT2D eigenvalue weighted by molar-refractivity contribution is 5.95. The van der Waals surface area contributed by atoms with Crippen LogP contribution >= 0.6 is 0 Å². The zero-order chi connectivity index (χ0) is 26.1. The third-order valence-electron chi connectivity index (χ3n) is 7.22. The highest BCUT2D eigenvalue weighted by Gasteiger charge is 2.30. The van der Waals surface area contributed by atoms with E-state index in [0.717, 1.165) is 55.7 Å². The van der Waals surface area contributed by atoms with Crippen LogP contribution in [0.15, 0.2) is 72.9 Å². The molecule has 1 atom stereocenters. The molecule has 2 N–H and O–H groups in total. The molecule has 0 spiro atoms. The average Bonchev–Trinajstić information content (AvgIpc) is 2.94. The van der Waals surface area contributed by atoms with Crippen LogP contribution in [0.25, 0.3) is 0 Å². The third kappa shape index (κ3) is 7.16. The Bertz CT molecular complexity index is 1180. The summed E-state index contributed by atoms with van der Waals surface area (Å²) in [5.41, 5.74) is 3.76. The summed E-state index contributed by atoms with van der Waals surface area (Å²) in [6.45, 7) is 5.24. The van der Waals surface area contributed by atoms with Crippen molar-refractivity contribution in [2.75, 3.05) is 43.5 Å². The van der Waals surface area contributed by atoms with Gasteiger partial charge in [0, 0.05) is 26.7 Å². The molecule has 1 fully saturated rings. The Morgan fingerprint density at radius 1 is 1.11 bits per heavy atom. The topological polar surface area (TPSA) is 90.3 Å². The number of nitrogens with zero attached hydrogens (tertiary/aromatic N) is 3. The molecule has 192 valence electrons. The second-order valence-electron chi connectivity index (χ2n) is 9.76. The van der Waals surface area contributed by atoms with Gasteiger partial charge in [0.25, 0.3) is 0 Å². The molecule has 3 aromatic rings. The number of methoxy groups -OCH3 is 1. The molecule has 37 heavy (non-hydrogen) atoms. The summed E-state index contributed by atoms with van der Waals surface area (Å²) in [7, 11) is 1.78. The van der Waals surface area contributed by atoms with E-state index in [2.05, 4.69) is 33.5 Å². The Labute approximate surface area is 219 Å². The zero-order valence-electron chi connectivity index (χ0n) is 21.6. The maximum absolute atomic E-state index is 13.3. The highest BCUT2D eigenvalue weighted by atomic mass is 16.5. The minimum absolute atomic E-state index is 0.0552. The van der Waals surface area contributed by atoms with Gasteiger partial charge in [0.1, 0.15) is 5.82 Å². The maximum Gasteiger partial charge on any atom is 0.234 e. The number of hydrogen-bond acceptors (Lipinski definition) is 6. The van der Waals surface area contributed by atoms with Gasteiger partial charge in [-0.05, 0) is 68.1 Å². The number of aromatic nitrogens is 1. The Morgan fingerprint density at radius 3 is 2.46 bits per heavy atom. The number of carbonyl (C=O) groups is 1. The van der Waals surface area contributed by atoms with E-state index in [4.69, 9.17) is 10.00 Å². The number of ether oxygens (including phenoxy) is 1.